The second-order valence-corrected chi connectivity index (χ2v) is 7.10. The van der Waals surface area contributed by atoms with Crippen LogP contribution >= 0.6 is 0 Å². The quantitative estimate of drug-likeness (QED) is 0.686. The van der Waals surface area contributed by atoms with Gasteiger partial charge < -0.3 is 15.4 Å². The normalized spacial score (nSPS) is 18.9. The van der Waals surface area contributed by atoms with Gasteiger partial charge in [-0.2, -0.15) is 0 Å². The highest BCUT2D eigenvalue weighted by Gasteiger charge is 2.16. The van der Waals surface area contributed by atoms with Crippen LogP contribution in [0, 0.1) is 0 Å². The lowest BCUT2D eigenvalue weighted by atomic mass is 10.1. The molecule has 1 aliphatic rings. The number of anilines is 1. The highest BCUT2D eigenvalue weighted by atomic mass is 32.2. The maximum absolute atomic E-state index is 11.9. The fourth-order valence-corrected chi connectivity index (χ4v) is 2.54. The monoisotopic (exact) mass is 327 g/mol. The second kappa shape index (κ2) is 7.68. The molecule has 8 heteroatoms. The number of carbonyl (C=O) groups is 1. The third-order valence-corrected chi connectivity index (χ3v) is 3.88. The van der Waals surface area contributed by atoms with Gasteiger partial charge in [-0.1, -0.05) is 12.1 Å². The van der Waals surface area contributed by atoms with Crippen LogP contribution in [-0.4, -0.2) is 46.4 Å². The van der Waals surface area contributed by atoms with Gasteiger partial charge >= 0.3 is 0 Å². The predicted molar refractivity (Wildman–Crippen MR) is 84.0 cm³/mol. The molecule has 1 atom stereocenters. The third kappa shape index (κ3) is 6.10. The molecule has 1 saturated heterocycles. The molecule has 0 saturated carbocycles. The molecule has 1 fully saturated rings. The van der Waals surface area contributed by atoms with E-state index in [2.05, 4.69) is 15.4 Å². The molecule has 1 aromatic carbocycles. The molecule has 122 valence electrons. The van der Waals surface area contributed by atoms with E-state index in [1.54, 1.807) is 24.3 Å². The number of ether oxygens (including phenoxy) is 1. The van der Waals surface area contributed by atoms with Crippen LogP contribution in [0.1, 0.15) is 12.0 Å². The Morgan fingerprint density at radius 2 is 2.09 bits per heavy atom. The summed E-state index contributed by atoms with van der Waals surface area (Å²) in [5, 5.41) is 6.04. The topological polar surface area (TPSA) is 96.5 Å². The minimum absolute atomic E-state index is 0.0481. The van der Waals surface area contributed by atoms with Crippen LogP contribution in [0.2, 0.25) is 0 Å². The number of hydrogen-bond donors (Lipinski definition) is 3. The van der Waals surface area contributed by atoms with Crippen molar-refractivity contribution >= 4 is 21.6 Å². The number of carbonyl (C=O) groups excluding carboxylic acids is 1. The number of benzene rings is 1. The smallest absolute Gasteiger partial charge is 0.226 e. The first-order valence-electron chi connectivity index (χ1n) is 7.07. The molecule has 3 N–H and O–H groups in total. The number of amides is 1. The highest BCUT2D eigenvalue weighted by molar-refractivity contribution is 7.88. The summed E-state index contributed by atoms with van der Waals surface area (Å²) in [6, 6.07) is 7.10. The van der Waals surface area contributed by atoms with Crippen molar-refractivity contribution in [2.75, 3.05) is 31.3 Å². The van der Waals surface area contributed by atoms with Gasteiger partial charge in [-0.15, -0.1) is 0 Å². The number of nitrogens with one attached hydrogen (secondary N) is 3. The maximum Gasteiger partial charge on any atom is 0.226 e. The van der Waals surface area contributed by atoms with Gasteiger partial charge in [0.1, 0.15) is 0 Å². The Labute approximate surface area is 130 Å². The zero-order valence-electron chi connectivity index (χ0n) is 12.5. The number of sulfonamides is 1. The molecule has 0 spiro atoms. The van der Waals surface area contributed by atoms with Gasteiger partial charge in [-0.05, 0) is 17.7 Å². The molecule has 0 radical (unpaired) electrons. The summed E-state index contributed by atoms with van der Waals surface area (Å²) in [6.45, 7) is 2.22. The van der Waals surface area contributed by atoms with Gasteiger partial charge in [0.15, 0.2) is 0 Å². The Morgan fingerprint density at radius 3 is 2.68 bits per heavy atom. The molecule has 0 aliphatic carbocycles. The fraction of sp³-hybridized carbons (Fsp3) is 0.500. The van der Waals surface area contributed by atoms with Crippen LogP contribution in [0.5, 0.6) is 0 Å². The SMILES string of the molecule is CS(=O)(=O)NCc1ccc(NC(=O)CC2COCCN2)cc1. The summed E-state index contributed by atoms with van der Waals surface area (Å²) in [7, 11) is -3.21. The molecule has 1 heterocycles. The molecule has 1 amide bonds. The largest absolute Gasteiger partial charge is 0.378 e. The second-order valence-electron chi connectivity index (χ2n) is 5.27. The van der Waals surface area contributed by atoms with Crippen molar-refractivity contribution in [3.8, 4) is 0 Å². The van der Waals surface area contributed by atoms with Crippen molar-refractivity contribution in [3.63, 3.8) is 0 Å². The molecule has 7 nitrogen and oxygen atoms in total. The van der Waals surface area contributed by atoms with Crippen molar-refractivity contribution in [2.45, 2.75) is 19.0 Å². The molecule has 22 heavy (non-hydrogen) atoms. The summed E-state index contributed by atoms with van der Waals surface area (Å²) in [5.74, 6) is -0.0787. The van der Waals surface area contributed by atoms with Crippen molar-refractivity contribution in [1.29, 1.82) is 0 Å². The number of morpholine rings is 1. The van der Waals surface area contributed by atoms with Crippen LogP contribution in [0.3, 0.4) is 0 Å². The Kier molecular flexibility index (Phi) is 5.90. The van der Waals surface area contributed by atoms with E-state index in [0.29, 0.717) is 25.3 Å². The molecular weight excluding hydrogens is 306 g/mol. The zero-order valence-corrected chi connectivity index (χ0v) is 13.3. The first kappa shape index (κ1) is 16.9. The molecule has 0 bridgehead atoms. The van der Waals surface area contributed by atoms with Gasteiger partial charge in [0, 0.05) is 31.2 Å². The van der Waals surface area contributed by atoms with E-state index >= 15 is 0 Å². The van der Waals surface area contributed by atoms with Gasteiger partial charge in [-0.3, -0.25) is 4.79 Å². The molecule has 1 aliphatic heterocycles. The highest BCUT2D eigenvalue weighted by Crippen LogP contribution is 2.11. The van der Waals surface area contributed by atoms with Gasteiger partial charge in [0.2, 0.25) is 15.9 Å². The van der Waals surface area contributed by atoms with Crippen LogP contribution < -0.4 is 15.4 Å². The molecule has 0 aromatic heterocycles. The van der Waals surface area contributed by atoms with Crippen molar-refractivity contribution in [3.05, 3.63) is 29.8 Å². The molecule has 1 unspecified atom stereocenters. The first-order chi connectivity index (χ1) is 10.4. The van der Waals surface area contributed by atoms with Gasteiger partial charge in [0.05, 0.1) is 19.5 Å². The van der Waals surface area contributed by atoms with E-state index in [-0.39, 0.29) is 18.5 Å². The summed E-state index contributed by atoms with van der Waals surface area (Å²) in [6.07, 6.45) is 1.47. The number of hydrogen-bond acceptors (Lipinski definition) is 5. The average molecular weight is 327 g/mol. The lowest BCUT2D eigenvalue weighted by Gasteiger charge is -2.23. The summed E-state index contributed by atoms with van der Waals surface area (Å²) in [5.41, 5.74) is 1.51. The lowest BCUT2D eigenvalue weighted by molar-refractivity contribution is -0.117. The van der Waals surface area contributed by atoms with Gasteiger partial charge in [0.25, 0.3) is 0 Å². The van der Waals surface area contributed by atoms with E-state index in [1.807, 2.05) is 0 Å². The molecule has 1 aromatic rings. The fourth-order valence-electron chi connectivity index (χ4n) is 2.11. The Bertz CT molecular complexity index is 595. The standard InChI is InChI=1S/C14H21N3O4S/c1-22(19,20)16-9-11-2-4-12(5-3-11)17-14(18)8-13-10-21-7-6-15-13/h2-5,13,15-16H,6-10H2,1H3,(H,17,18). The van der Waals surface area contributed by atoms with Crippen molar-refractivity contribution in [2.24, 2.45) is 0 Å². The minimum Gasteiger partial charge on any atom is -0.378 e. The Morgan fingerprint density at radius 1 is 1.36 bits per heavy atom. The molecular formula is C14H21N3O4S. The minimum atomic E-state index is -3.21. The van der Waals surface area contributed by atoms with Gasteiger partial charge in [-0.25, -0.2) is 13.1 Å². The first-order valence-corrected chi connectivity index (χ1v) is 8.96. The lowest BCUT2D eigenvalue weighted by Crippen LogP contribution is -2.43. The predicted octanol–water partition coefficient (Wildman–Crippen LogP) is 0.0528. The van der Waals surface area contributed by atoms with Crippen molar-refractivity contribution < 1.29 is 17.9 Å². The van der Waals surface area contributed by atoms with E-state index in [4.69, 9.17) is 4.74 Å². The van der Waals surface area contributed by atoms with E-state index in [1.165, 1.54) is 0 Å². The van der Waals surface area contributed by atoms with Crippen LogP contribution in [0.4, 0.5) is 5.69 Å². The zero-order chi connectivity index (χ0) is 16.0. The van der Waals surface area contributed by atoms with Crippen molar-refractivity contribution in [1.82, 2.24) is 10.0 Å². The summed E-state index contributed by atoms with van der Waals surface area (Å²) < 4.78 is 29.8. The summed E-state index contributed by atoms with van der Waals surface area (Å²) >= 11 is 0. The van der Waals surface area contributed by atoms with Crippen LogP contribution in [0.25, 0.3) is 0 Å². The Balaban J connectivity index is 1.81. The van der Waals surface area contributed by atoms with E-state index < -0.39 is 10.0 Å². The number of rotatable bonds is 6. The third-order valence-electron chi connectivity index (χ3n) is 3.21. The van der Waals surface area contributed by atoms with E-state index in [9.17, 15) is 13.2 Å². The maximum atomic E-state index is 11.9. The van der Waals surface area contributed by atoms with Crippen LogP contribution in [-0.2, 0) is 26.1 Å². The molecule has 2 rings (SSSR count). The van der Waals surface area contributed by atoms with Crippen LogP contribution in [0.15, 0.2) is 24.3 Å². The Hall–Kier alpha value is -1.48. The van der Waals surface area contributed by atoms with E-state index in [0.717, 1.165) is 18.4 Å². The summed E-state index contributed by atoms with van der Waals surface area (Å²) in [4.78, 5) is 11.9. The average Bonchev–Trinajstić information content (AvgIpc) is 2.47.